The summed E-state index contributed by atoms with van der Waals surface area (Å²) in [5.74, 6) is -6.92. The van der Waals surface area contributed by atoms with Gasteiger partial charge in [0.05, 0.1) is 94.3 Å². The number of carbonyl (C=O) groups is 10. The average Bonchev–Trinajstić information content (AvgIpc) is 1.08. The van der Waals surface area contributed by atoms with Gasteiger partial charge in [-0.1, -0.05) is 47.6 Å². The monoisotopic (exact) mass is 1620 g/mol. The summed E-state index contributed by atoms with van der Waals surface area (Å²) in [6, 6.07) is 3.94. The van der Waals surface area contributed by atoms with Crippen LogP contribution in [0.4, 0.5) is 0 Å². The third kappa shape index (κ3) is 20.8. The van der Waals surface area contributed by atoms with Crippen molar-refractivity contribution in [2.45, 2.75) is 197 Å². The van der Waals surface area contributed by atoms with E-state index in [0.717, 1.165) is 6.07 Å². The number of rotatable bonds is 37. The predicted molar refractivity (Wildman–Crippen MR) is 419 cm³/mol. The van der Waals surface area contributed by atoms with Crippen LogP contribution in [0.5, 0.6) is 5.75 Å². The van der Waals surface area contributed by atoms with E-state index in [-0.39, 0.29) is 181 Å². The Labute approximate surface area is 675 Å². The van der Waals surface area contributed by atoms with Crippen molar-refractivity contribution < 1.29 is 113 Å². The number of aromatic carboxylic acids is 1. The Balaban J connectivity index is 0.870. The molecule has 636 valence electrons. The van der Waals surface area contributed by atoms with Gasteiger partial charge in [0.1, 0.15) is 59.4 Å². The zero-order valence-corrected chi connectivity index (χ0v) is 67.8. The Morgan fingerprint density at radius 1 is 0.474 bits per heavy atom. The van der Waals surface area contributed by atoms with Gasteiger partial charge in [0, 0.05) is 171 Å². The molecule has 0 spiro atoms. The summed E-state index contributed by atoms with van der Waals surface area (Å²) in [5.41, 5.74) is 23.9. The van der Waals surface area contributed by atoms with E-state index in [1.807, 2.05) is 41.5 Å². The number of benzene rings is 3. The zero-order chi connectivity index (χ0) is 83.3. The van der Waals surface area contributed by atoms with Crippen LogP contribution in [0.3, 0.4) is 0 Å². The third-order valence-corrected chi connectivity index (χ3v) is 22.7. The molecule has 14 atom stereocenters. The van der Waals surface area contributed by atoms with E-state index in [1.54, 1.807) is 6.07 Å². The second-order valence-electron chi connectivity index (χ2n) is 33.0. The molecule has 7 fully saturated rings. The van der Waals surface area contributed by atoms with Crippen molar-refractivity contribution in [3.63, 3.8) is 0 Å². The van der Waals surface area contributed by atoms with Gasteiger partial charge in [0.15, 0.2) is 5.43 Å². The molecule has 9 aliphatic rings. The molecular formula is C82H120N13O21+3. The molecule has 8 heterocycles. The minimum Gasteiger partial charge on any atom is -0.508 e. The number of phenolic OH excluding ortho intramolecular Hbond substituents is 1. The highest BCUT2D eigenvalue weighted by molar-refractivity contribution is 6.09. The molecule has 2 aromatic rings. The number of aromatic hydroxyl groups is 1. The second-order valence-corrected chi connectivity index (χ2v) is 33.0. The lowest BCUT2D eigenvalue weighted by atomic mass is 9.90. The first-order valence-corrected chi connectivity index (χ1v) is 41.3. The highest BCUT2D eigenvalue weighted by Gasteiger charge is 2.57. The second kappa shape index (κ2) is 40.1. The number of fused-ring (bicyclic) bond motifs is 2. The van der Waals surface area contributed by atoms with Crippen molar-refractivity contribution in [2.75, 3.05) is 125 Å². The first-order valence-electron chi connectivity index (χ1n) is 41.3. The molecule has 11 rings (SSSR count). The molecule has 8 aliphatic heterocycles. The lowest BCUT2D eigenvalue weighted by molar-refractivity contribution is -0.370. The fourth-order valence-electron chi connectivity index (χ4n) is 17.0. The summed E-state index contributed by atoms with van der Waals surface area (Å²) in [4.78, 5) is 173. The van der Waals surface area contributed by atoms with Gasteiger partial charge >= 0.3 is 5.97 Å². The Bertz CT molecular complexity index is 4180. The van der Waals surface area contributed by atoms with Crippen LogP contribution in [0.1, 0.15) is 133 Å². The van der Waals surface area contributed by atoms with E-state index in [4.69, 9.17) is 49.0 Å². The minimum absolute atomic E-state index is 0.00362. The molecule has 0 radical (unpaired) electrons. The number of amides is 9. The molecule has 34 heteroatoms. The molecule has 0 unspecified atom stereocenters. The quantitative estimate of drug-likeness (QED) is 0.0204. The van der Waals surface area contributed by atoms with E-state index in [9.17, 15) is 34.2 Å². The number of nitrogens with zero attached hydrogens (tertiary/aromatic N) is 7. The van der Waals surface area contributed by atoms with Gasteiger partial charge in [-0.3, -0.25) is 47.9 Å². The van der Waals surface area contributed by atoms with Crippen molar-refractivity contribution in [3.8, 4) is 28.2 Å². The highest BCUT2D eigenvalue weighted by Crippen LogP contribution is 2.43. The van der Waals surface area contributed by atoms with E-state index in [2.05, 4.69) is 22.5 Å². The number of carboxylic acid groups (broad SMARTS) is 1. The maximum absolute atomic E-state index is 16.2. The molecule has 16 N–H and O–H groups in total. The lowest BCUT2D eigenvalue weighted by Gasteiger charge is -2.36. The van der Waals surface area contributed by atoms with Crippen LogP contribution in [0.2, 0.25) is 0 Å². The summed E-state index contributed by atoms with van der Waals surface area (Å²) < 4.78 is 50.5. The van der Waals surface area contributed by atoms with Crippen LogP contribution in [0, 0.1) is 17.8 Å². The molecule has 0 saturated carbocycles. The summed E-state index contributed by atoms with van der Waals surface area (Å²) in [7, 11) is 0. The fourth-order valence-corrected chi connectivity index (χ4v) is 17.0. The normalized spacial score (nSPS) is 25.5. The predicted octanol–water partition coefficient (Wildman–Crippen LogP) is -0.701. The third-order valence-electron chi connectivity index (χ3n) is 22.7. The number of hydrogen-bond donors (Lipinski definition) is 8. The number of hydrogen-bond acceptors (Lipinski definition) is 21. The number of nitrogens with two attached hydrogens (primary N) is 2. The van der Waals surface area contributed by atoms with Crippen molar-refractivity contribution in [1.29, 1.82) is 0 Å². The molecule has 1 aliphatic carbocycles. The summed E-state index contributed by atoms with van der Waals surface area (Å²) >= 11 is 0. The van der Waals surface area contributed by atoms with Gasteiger partial charge in [-0.05, 0) is 72.7 Å². The molecule has 34 nitrogen and oxygen atoms in total. The summed E-state index contributed by atoms with van der Waals surface area (Å²) in [5, 5.41) is 24.1. The van der Waals surface area contributed by atoms with E-state index < -0.39 is 151 Å². The van der Waals surface area contributed by atoms with Gasteiger partial charge in [0.2, 0.25) is 47.3 Å². The number of likely N-dealkylation sites (tertiary alicyclic amines) is 7. The molecule has 116 heavy (non-hydrogen) atoms. The smallest absolute Gasteiger partial charge is 0.336 e. The van der Waals surface area contributed by atoms with Gasteiger partial charge in [-0.25, -0.2) is 4.79 Å². The van der Waals surface area contributed by atoms with E-state index in [0.29, 0.717) is 81.6 Å². The van der Waals surface area contributed by atoms with Crippen LogP contribution in [-0.4, -0.2) is 313 Å². The maximum Gasteiger partial charge on any atom is 0.336 e. The van der Waals surface area contributed by atoms with Crippen LogP contribution >= 0.6 is 0 Å². The van der Waals surface area contributed by atoms with Crippen LogP contribution in [0.15, 0.2) is 63.8 Å². The number of ether oxygens (including phenoxy) is 7. The standard InChI is InChI=1S/C82H117N13O21/c1-46(2)43-113-56-32-67(77(102)90-37-52(109-21-7-17-83)28-63(90)74(87)99)94(41-56)78(103)65-30-54(111-23-9-19-85)39-92(65)81(106)69-34-58(115-45-48(5)6)42-95(69)79(104)66-31-55(112-24-10-20-86)38-91(66)80(105)68-33-57(114-44-47(3)4)40-93(68)76(101)64-29-53(110-22-8-18-84)36-89(64)72(98)35-88-75(100)49-11-14-59(62(25-49)82(107)108)73-60-15-12-50(96)26-70(60)116-71-27-51(97)13-16-61(71)73/h11-16,25-27,46-48,52-58,63-69,96H,7-10,17-24,28-45,83-86H2,1-6H3,(H2,87,99)(H,88,100)(H,107,108)/p+3/t52-,53-,54-,55-,56-,57-,58-,63+,64+,65+,66+,67+,68+,69+/m1/s1. The van der Waals surface area contributed by atoms with Crippen molar-refractivity contribution in [1.82, 2.24) is 39.6 Å². The number of primary amides is 1. The Hall–Kier alpha value is -8.81. The van der Waals surface area contributed by atoms with Crippen LogP contribution < -0.4 is 39.4 Å². The molecule has 0 bridgehead atoms. The summed E-state index contributed by atoms with van der Waals surface area (Å²) in [6.07, 6.45) is -1.97. The fraction of sp³-hybridized carbons (Fsp3) is 0.646. The average molecular weight is 1620 g/mol. The van der Waals surface area contributed by atoms with Gasteiger partial charge in [-0.2, -0.15) is 0 Å². The topological polar surface area (TPSA) is 476 Å². The SMILES string of the molecule is CC(C)CO[C@@H]1C[C@@H](C(=O)N2C[C@H](OCCC[NH3+])C[C@H]2C(=O)N2C[C@H](OCC(C)C)C[C@H]2C(=O)N2C[C@H](OCCC[NH3+])C[C@H]2C(=O)N2C[C@H](OCC(C)C)C[C@H]2C(=O)N2C[C@H](OCCCN)C[C@H]2C(N)=O)N(C(=O)[C@@H]2C[C@@H](OCCC[NH3+])CN2C(=O)CNC(=O)c2ccc(-c3c4ccc(=O)cc-4oc4cc(O)ccc34)c(C(=O)O)c2)C1. The van der Waals surface area contributed by atoms with Crippen molar-refractivity contribution >= 4 is 70.1 Å². The molecule has 7 saturated heterocycles. The highest BCUT2D eigenvalue weighted by atomic mass is 16.5. The molecule has 9 amide bonds. The van der Waals surface area contributed by atoms with E-state index >= 15 is 28.8 Å². The van der Waals surface area contributed by atoms with Gasteiger partial charge in [-0.15, -0.1) is 0 Å². The maximum atomic E-state index is 16.2. The Kier molecular flexibility index (Phi) is 30.4. The molecule has 0 aromatic heterocycles. The number of carbonyl (C=O) groups excluding carboxylic acids is 9. The molecule has 2 aromatic carbocycles. The Morgan fingerprint density at radius 2 is 0.836 bits per heavy atom. The minimum atomic E-state index is -1.40. The van der Waals surface area contributed by atoms with Crippen LogP contribution in [0.25, 0.3) is 33.4 Å². The Morgan fingerprint density at radius 3 is 1.22 bits per heavy atom. The number of quaternary nitrogens is 3. The van der Waals surface area contributed by atoms with Gasteiger partial charge < -0.3 is 116 Å². The first kappa shape index (κ1) is 88.0. The van der Waals surface area contributed by atoms with E-state index in [1.165, 1.54) is 76.8 Å². The first-order chi connectivity index (χ1) is 55.6. The zero-order valence-electron chi connectivity index (χ0n) is 67.8. The summed E-state index contributed by atoms with van der Waals surface area (Å²) in [6.45, 7) is 14.8. The van der Waals surface area contributed by atoms with Crippen molar-refractivity contribution in [3.05, 3.63) is 75.9 Å². The largest absolute Gasteiger partial charge is 0.508 e. The number of phenols is 1. The van der Waals surface area contributed by atoms with Crippen LogP contribution in [-0.2, 0) is 71.5 Å². The van der Waals surface area contributed by atoms with Gasteiger partial charge in [0.25, 0.3) is 5.91 Å². The number of carboxylic acids is 1. The number of nitrogens with one attached hydrogen (secondary N) is 1. The lowest BCUT2D eigenvalue weighted by Crippen LogP contribution is -2.59. The van der Waals surface area contributed by atoms with Crippen molar-refractivity contribution in [2.24, 2.45) is 29.2 Å². The molecular weight excluding hydrogens is 1500 g/mol.